The number of rotatable bonds is 2. The van der Waals surface area contributed by atoms with E-state index in [2.05, 4.69) is 31.8 Å². The molecule has 128 valence electrons. The van der Waals surface area contributed by atoms with E-state index >= 15 is 0 Å². The number of hydrogen-bond donors (Lipinski definition) is 4. The van der Waals surface area contributed by atoms with Crippen molar-refractivity contribution in [2.75, 3.05) is 6.54 Å². The fourth-order valence-electron chi connectivity index (χ4n) is 5.14. The van der Waals surface area contributed by atoms with E-state index in [-0.39, 0.29) is 0 Å². The van der Waals surface area contributed by atoms with Gasteiger partial charge in [0.15, 0.2) is 0 Å². The lowest BCUT2D eigenvalue weighted by Crippen LogP contribution is -2.51. The highest BCUT2D eigenvalue weighted by Gasteiger charge is 2.43. The van der Waals surface area contributed by atoms with Gasteiger partial charge < -0.3 is 5.73 Å². The lowest BCUT2D eigenvalue weighted by molar-refractivity contribution is 0.127. The van der Waals surface area contributed by atoms with Crippen molar-refractivity contribution < 1.29 is 0 Å². The molecule has 2 aliphatic carbocycles. The molecule has 7 nitrogen and oxygen atoms in total. The molecule has 1 aromatic heterocycles. The first-order chi connectivity index (χ1) is 11.6. The zero-order chi connectivity index (χ0) is 16.3. The second kappa shape index (κ2) is 5.15. The van der Waals surface area contributed by atoms with Gasteiger partial charge in [-0.25, -0.2) is 4.99 Å². The molecule has 5 rings (SSSR count). The van der Waals surface area contributed by atoms with Crippen LogP contribution in [0.3, 0.4) is 0 Å². The number of fused-ring (bicyclic) bond motifs is 3. The van der Waals surface area contributed by atoms with Gasteiger partial charge in [-0.2, -0.15) is 5.43 Å². The first-order valence-corrected chi connectivity index (χ1v) is 9.00. The van der Waals surface area contributed by atoms with Gasteiger partial charge in [-0.1, -0.05) is 6.42 Å². The molecule has 2 bridgehead atoms. The predicted octanol–water partition coefficient (Wildman–Crippen LogP) is 0.120. The maximum atomic E-state index is 6.32. The van der Waals surface area contributed by atoms with Gasteiger partial charge in [0.05, 0.1) is 0 Å². The van der Waals surface area contributed by atoms with E-state index in [0.717, 1.165) is 43.0 Å². The zero-order valence-electron chi connectivity index (χ0n) is 13.8. The molecule has 3 heterocycles. The molecule has 0 spiro atoms. The van der Waals surface area contributed by atoms with Crippen molar-refractivity contribution in [3.05, 3.63) is 29.1 Å². The Balaban J connectivity index is 1.40. The van der Waals surface area contributed by atoms with Crippen LogP contribution in [0, 0.1) is 11.8 Å². The number of nitrogens with one attached hydrogen (secondary N) is 2. The van der Waals surface area contributed by atoms with Crippen molar-refractivity contribution >= 4 is 5.96 Å². The van der Waals surface area contributed by atoms with Gasteiger partial charge in [0.1, 0.15) is 0 Å². The Kier molecular flexibility index (Phi) is 3.14. The summed E-state index contributed by atoms with van der Waals surface area (Å²) in [6.45, 7) is 2.11. The van der Waals surface area contributed by atoms with E-state index in [4.69, 9.17) is 11.5 Å². The third-order valence-electron chi connectivity index (χ3n) is 6.36. The molecule has 0 aromatic carbocycles. The SMILES string of the molecule is NC1=NC(N)(c2cnc3c(c2)CN(C2CC4CCC2C4)CC3)NN1. The monoisotopic (exact) mass is 327 g/mol. The lowest BCUT2D eigenvalue weighted by Gasteiger charge is -2.38. The average Bonchev–Trinajstić information content (AvgIpc) is 3.30. The van der Waals surface area contributed by atoms with Gasteiger partial charge in [0.25, 0.3) is 0 Å². The average molecular weight is 327 g/mol. The van der Waals surface area contributed by atoms with Crippen LogP contribution in [-0.2, 0) is 18.8 Å². The van der Waals surface area contributed by atoms with Crippen LogP contribution in [0.2, 0.25) is 0 Å². The first-order valence-electron chi connectivity index (χ1n) is 9.00. The molecular weight excluding hydrogens is 302 g/mol. The largest absolute Gasteiger partial charge is 0.369 e. The summed E-state index contributed by atoms with van der Waals surface area (Å²) < 4.78 is 0. The molecule has 0 radical (unpaired) electrons. The van der Waals surface area contributed by atoms with Crippen LogP contribution in [0.25, 0.3) is 0 Å². The van der Waals surface area contributed by atoms with Crippen molar-refractivity contribution in [1.29, 1.82) is 0 Å². The van der Waals surface area contributed by atoms with Gasteiger partial charge >= 0.3 is 0 Å². The standard InChI is InChI=1S/C17H25N7/c18-16-21-17(19,23-22-16)13-7-12-9-24(4-3-14(12)20-8-13)15-6-10-1-2-11(15)5-10/h7-8,10-11,15,23H,1-6,9,19H2,(H3,18,21,22). The molecule has 2 saturated carbocycles. The molecule has 0 amide bonds. The maximum absolute atomic E-state index is 6.32. The van der Waals surface area contributed by atoms with E-state index < -0.39 is 5.79 Å². The quantitative estimate of drug-likeness (QED) is 0.615. The van der Waals surface area contributed by atoms with Crippen molar-refractivity contribution in [3.63, 3.8) is 0 Å². The molecule has 6 N–H and O–H groups in total. The molecule has 7 heteroatoms. The highest BCUT2D eigenvalue weighted by atomic mass is 15.6. The van der Waals surface area contributed by atoms with E-state index in [1.807, 2.05) is 6.20 Å². The zero-order valence-corrected chi connectivity index (χ0v) is 13.8. The minimum atomic E-state index is -1.03. The van der Waals surface area contributed by atoms with Gasteiger partial charge in [0, 0.05) is 43.0 Å². The van der Waals surface area contributed by atoms with Crippen LogP contribution in [0.4, 0.5) is 0 Å². The number of nitrogens with two attached hydrogens (primary N) is 2. The Morgan fingerprint density at radius 3 is 2.92 bits per heavy atom. The molecule has 24 heavy (non-hydrogen) atoms. The van der Waals surface area contributed by atoms with Crippen LogP contribution < -0.4 is 22.3 Å². The summed E-state index contributed by atoms with van der Waals surface area (Å²) in [5, 5.41) is 0. The minimum absolute atomic E-state index is 0.304. The molecule has 1 aromatic rings. The number of guanidine groups is 1. The third kappa shape index (κ3) is 2.22. The number of hydrazine groups is 1. The van der Waals surface area contributed by atoms with Gasteiger partial charge in [-0.15, -0.1) is 0 Å². The van der Waals surface area contributed by atoms with Crippen molar-refractivity contribution in [1.82, 2.24) is 20.7 Å². The predicted molar refractivity (Wildman–Crippen MR) is 91.3 cm³/mol. The van der Waals surface area contributed by atoms with Crippen LogP contribution in [-0.4, -0.2) is 28.4 Å². The molecule has 2 fully saturated rings. The summed E-state index contributed by atoms with van der Waals surface area (Å²) in [6, 6.07) is 2.92. The number of aliphatic imine (C=N–C) groups is 1. The number of nitrogens with zero attached hydrogens (tertiary/aromatic N) is 3. The fourth-order valence-corrected chi connectivity index (χ4v) is 5.14. The summed E-state index contributed by atoms with van der Waals surface area (Å²) in [7, 11) is 0. The van der Waals surface area contributed by atoms with Gasteiger partial charge in [0.2, 0.25) is 11.7 Å². The number of aromatic nitrogens is 1. The Morgan fingerprint density at radius 2 is 2.21 bits per heavy atom. The summed E-state index contributed by atoms with van der Waals surface area (Å²) in [5.41, 5.74) is 21.1. The van der Waals surface area contributed by atoms with Crippen LogP contribution in [0.5, 0.6) is 0 Å². The van der Waals surface area contributed by atoms with E-state index in [9.17, 15) is 0 Å². The summed E-state index contributed by atoms with van der Waals surface area (Å²) in [6.07, 6.45) is 8.56. The molecule has 0 saturated heterocycles. The maximum Gasteiger partial charge on any atom is 0.210 e. The Labute approximate surface area is 141 Å². The van der Waals surface area contributed by atoms with Crippen molar-refractivity contribution in [2.45, 2.75) is 50.5 Å². The van der Waals surface area contributed by atoms with Crippen LogP contribution in [0.1, 0.15) is 42.5 Å². The second-order valence-electron chi connectivity index (χ2n) is 7.81. The summed E-state index contributed by atoms with van der Waals surface area (Å²) in [5.74, 6) is 1.17. The fraction of sp³-hybridized carbons (Fsp3) is 0.647. The molecule has 4 aliphatic rings. The summed E-state index contributed by atoms with van der Waals surface area (Å²) in [4.78, 5) is 11.6. The van der Waals surface area contributed by atoms with Gasteiger partial charge in [-0.05, 0) is 42.7 Å². The highest BCUT2D eigenvalue weighted by molar-refractivity contribution is 5.79. The molecule has 4 atom stereocenters. The topological polar surface area (TPSA) is 105 Å². The number of hydrogen-bond acceptors (Lipinski definition) is 7. The lowest BCUT2D eigenvalue weighted by atomic mass is 9.91. The normalized spacial score (nSPS) is 38.0. The van der Waals surface area contributed by atoms with E-state index in [0.29, 0.717) is 5.96 Å². The first kappa shape index (κ1) is 14.6. The van der Waals surface area contributed by atoms with E-state index in [1.54, 1.807) is 0 Å². The highest BCUT2D eigenvalue weighted by Crippen LogP contribution is 2.47. The Hall–Kier alpha value is -1.70. The van der Waals surface area contributed by atoms with Crippen LogP contribution >= 0.6 is 0 Å². The van der Waals surface area contributed by atoms with Crippen molar-refractivity contribution in [3.8, 4) is 0 Å². The van der Waals surface area contributed by atoms with Crippen LogP contribution in [0.15, 0.2) is 17.3 Å². The Morgan fingerprint density at radius 1 is 1.29 bits per heavy atom. The minimum Gasteiger partial charge on any atom is -0.369 e. The summed E-state index contributed by atoms with van der Waals surface area (Å²) >= 11 is 0. The van der Waals surface area contributed by atoms with E-state index in [1.165, 1.54) is 36.9 Å². The molecule has 2 aliphatic heterocycles. The molecular formula is C17H25N7. The third-order valence-corrected chi connectivity index (χ3v) is 6.36. The smallest absolute Gasteiger partial charge is 0.210 e. The van der Waals surface area contributed by atoms with Gasteiger partial charge in [-0.3, -0.25) is 21.0 Å². The number of pyridine rings is 1. The van der Waals surface area contributed by atoms with Crippen molar-refractivity contribution in [2.24, 2.45) is 28.3 Å². The Bertz CT molecular complexity index is 702. The second-order valence-corrected chi connectivity index (χ2v) is 7.81. The molecule has 4 unspecified atom stereocenters.